The van der Waals surface area contributed by atoms with Gasteiger partial charge >= 0.3 is 0 Å². The summed E-state index contributed by atoms with van der Waals surface area (Å²) in [5.41, 5.74) is 3.82. The number of hydrogen-bond acceptors (Lipinski definition) is 0. The number of benzene rings is 3. The van der Waals surface area contributed by atoms with Gasteiger partial charge in [0.1, 0.15) is 0 Å². The van der Waals surface area contributed by atoms with Crippen LogP contribution in [0.5, 0.6) is 0 Å². The molecule has 0 radical (unpaired) electrons. The van der Waals surface area contributed by atoms with Crippen molar-refractivity contribution < 1.29 is 0 Å². The van der Waals surface area contributed by atoms with E-state index in [0.29, 0.717) is 5.92 Å². The molecule has 0 bridgehead atoms. The maximum absolute atomic E-state index is 3.48. The van der Waals surface area contributed by atoms with Crippen molar-refractivity contribution in [2.75, 3.05) is 0 Å². The fourth-order valence-electron chi connectivity index (χ4n) is 3.53. The van der Waals surface area contributed by atoms with Crippen molar-refractivity contribution in [3.8, 4) is 11.8 Å². The third-order valence-electron chi connectivity index (χ3n) is 4.80. The van der Waals surface area contributed by atoms with E-state index in [4.69, 9.17) is 0 Å². The molecule has 0 aliphatic rings. The molecule has 0 fully saturated rings. The van der Waals surface area contributed by atoms with Gasteiger partial charge in [-0.3, -0.25) is 0 Å². The SMILES string of the molecule is CC[C@@H](C#CCn1c2ccccc2c2ccccc21)c1ccccc1. The summed E-state index contributed by atoms with van der Waals surface area (Å²) in [6.45, 7) is 2.92. The van der Waals surface area contributed by atoms with Gasteiger partial charge < -0.3 is 4.57 Å². The third kappa shape index (κ3) is 2.92. The molecule has 0 unspecified atom stereocenters. The van der Waals surface area contributed by atoms with E-state index in [1.807, 2.05) is 0 Å². The molecular formula is C24H21N. The first-order chi connectivity index (χ1) is 12.4. The van der Waals surface area contributed by atoms with Crippen LogP contribution in [0.2, 0.25) is 0 Å². The van der Waals surface area contributed by atoms with E-state index in [-0.39, 0.29) is 0 Å². The van der Waals surface area contributed by atoms with Crippen molar-refractivity contribution in [1.29, 1.82) is 0 Å². The van der Waals surface area contributed by atoms with Crippen LogP contribution in [0.3, 0.4) is 0 Å². The molecule has 1 atom stereocenters. The van der Waals surface area contributed by atoms with Gasteiger partial charge in [-0.1, -0.05) is 85.5 Å². The zero-order valence-corrected chi connectivity index (χ0v) is 14.4. The van der Waals surface area contributed by atoms with E-state index in [2.05, 4.69) is 102 Å². The molecular weight excluding hydrogens is 302 g/mol. The summed E-state index contributed by atoms with van der Waals surface area (Å²) in [5.74, 6) is 7.22. The van der Waals surface area contributed by atoms with E-state index in [1.165, 1.54) is 27.4 Å². The summed E-state index contributed by atoms with van der Waals surface area (Å²) >= 11 is 0. The molecule has 1 aromatic heterocycles. The van der Waals surface area contributed by atoms with Gasteiger partial charge in [0.25, 0.3) is 0 Å². The fourth-order valence-corrected chi connectivity index (χ4v) is 3.53. The lowest BCUT2D eigenvalue weighted by Crippen LogP contribution is -1.97. The number of hydrogen-bond donors (Lipinski definition) is 0. The summed E-state index contributed by atoms with van der Waals surface area (Å²) in [4.78, 5) is 0. The maximum atomic E-state index is 3.48. The molecule has 122 valence electrons. The Labute approximate surface area is 148 Å². The van der Waals surface area contributed by atoms with E-state index < -0.39 is 0 Å². The molecule has 0 aliphatic heterocycles. The molecule has 0 spiro atoms. The minimum Gasteiger partial charge on any atom is -0.329 e. The molecule has 0 saturated heterocycles. The topological polar surface area (TPSA) is 4.93 Å². The maximum Gasteiger partial charge on any atom is 0.0843 e. The highest BCUT2D eigenvalue weighted by molar-refractivity contribution is 6.08. The van der Waals surface area contributed by atoms with Crippen molar-refractivity contribution in [3.05, 3.63) is 84.4 Å². The monoisotopic (exact) mass is 323 g/mol. The molecule has 0 saturated carbocycles. The van der Waals surface area contributed by atoms with Crippen LogP contribution in [0.4, 0.5) is 0 Å². The average Bonchev–Trinajstić information content (AvgIpc) is 3.00. The summed E-state index contributed by atoms with van der Waals surface area (Å²) in [5, 5.41) is 2.60. The summed E-state index contributed by atoms with van der Waals surface area (Å²) < 4.78 is 2.33. The average molecular weight is 323 g/mol. The normalized spacial score (nSPS) is 12.0. The van der Waals surface area contributed by atoms with Crippen LogP contribution in [-0.4, -0.2) is 4.57 Å². The first-order valence-corrected chi connectivity index (χ1v) is 8.88. The van der Waals surface area contributed by atoms with Crippen LogP contribution in [0, 0.1) is 11.8 Å². The number of aromatic nitrogens is 1. The lowest BCUT2D eigenvalue weighted by Gasteiger charge is -2.08. The van der Waals surface area contributed by atoms with Crippen LogP contribution in [0.25, 0.3) is 21.8 Å². The minimum absolute atomic E-state index is 0.300. The highest BCUT2D eigenvalue weighted by Gasteiger charge is 2.08. The first-order valence-electron chi connectivity index (χ1n) is 8.88. The van der Waals surface area contributed by atoms with E-state index >= 15 is 0 Å². The van der Waals surface area contributed by atoms with E-state index in [1.54, 1.807) is 0 Å². The Hall–Kier alpha value is -2.98. The predicted octanol–water partition coefficient (Wildman–Crippen LogP) is 5.99. The lowest BCUT2D eigenvalue weighted by atomic mass is 9.97. The molecule has 1 heteroatoms. The number of nitrogens with zero attached hydrogens (tertiary/aromatic N) is 1. The number of para-hydroxylation sites is 2. The standard InChI is InChI=1S/C24H21N/c1-2-19(20-11-4-3-5-12-20)13-10-18-25-23-16-8-6-14-21(23)22-15-7-9-17-24(22)25/h3-9,11-12,14-17,19H,2,18H2,1H3/t19-/m0/s1. The second-order valence-electron chi connectivity index (χ2n) is 6.31. The van der Waals surface area contributed by atoms with Gasteiger partial charge in [-0.25, -0.2) is 0 Å². The second kappa shape index (κ2) is 6.87. The predicted molar refractivity (Wildman–Crippen MR) is 107 cm³/mol. The third-order valence-corrected chi connectivity index (χ3v) is 4.80. The summed E-state index contributed by atoms with van der Waals surface area (Å²) in [6.07, 6.45) is 1.03. The van der Waals surface area contributed by atoms with Crippen molar-refractivity contribution >= 4 is 21.8 Å². The van der Waals surface area contributed by atoms with E-state index in [0.717, 1.165) is 13.0 Å². The van der Waals surface area contributed by atoms with Gasteiger partial charge in [0.15, 0.2) is 0 Å². The molecule has 0 amide bonds. The number of fused-ring (bicyclic) bond motifs is 3. The van der Waals surface area contributed by atoms with Crippen LogP contribution in [0.15, 0.2) is 78.9 Å². The van der Waals surface area contributed by atoms with Gasteiger partial charge in [0.2, 0.25) is 0 Å². The zero-order chi connectivity index (χ0) is 17.1. The smallest absolute Gasteiger partial charge is 0.0843 e. The quantitative estimate of drug-likeness (QED) is 0.408. The highest BCUT2D eigenvalue weighted by atomic mass is 15.0. The minimum atomic E-state index is 0.300. The molecule has 3 aromatic carbocycles. The van der Waals surface area contributed by atoms with Gasteiger partial charge in [0.05, 0.1) is 6.54 Å². The van der Waals surface area contributed by atoms with Gasteiger partial charge in [-0.2, -0.15) is 0 Å². The Balaban J connectivity index is 1.72. The molecule has 1 heterocycles. The highest BCUT2D eigenvalue weighted by Crippen LogP contribution is 2.28. The van der Waals surface area contributed by atoms with Crippen molar-refractivity contribution in [3.63, 3.8) is 0 Å². The van der Waals surface area contributed by atoms with E-state index in [9.17, 15) is 0 Å². The lowest BCUT2D eigenvalue weighted by molar-refractivity contribution is 0.825. The summed E-state index contributed by atoms with van der Waals surface area (Å²) in [6, 6.07) is 27.8. The van der Waals surface area contributed by atoms with Gasteiger partial charge in [0, 0.05) is 27.7 Å². The largest absolute Gasteiger partial charge is 0.329 e. The van der Waals surface area contributed by atoms with Crippen molar-refractivity contribution in [2.45, 2.75) is 25.8 Å². The van der Waals surface area contributed by atoms with Crippen LogP contribution >= 0.6 is 0 Å². The molecule has 0 aliphatic carbocycles. The Kier molecular flexibility index (Phi) is 4.27. The molecule has 4 aromatic rings. The zero-order valence-electron chi connectivity index (χ0n) is 14.4. The van der Waals surface area contributed by atoms with Crippen LogP contribution in [-0.2, 0) is 6.54 Å². The van der Waals surface area contributed by atoms with Crippen molar-refractivity contribution in [1.82, 2.24) is 4.57 Å². The summed E-state index contributed by atoms with van der Waals surface area (Å²) in [7, 11) is 0. The molecule has 0 N–H and O–H groups in total. The Bertz CT molecular complexity index is 1010. The molecule has 25 heavy (non-hydrogen) atoms. The fraction of sp³-hybridized carbons (Fsp3) is 0.167. The van der Waals surface area contributed by atoms with Crippen molar-refractivity contribution in [2.24, 2.45) is 0 Å². The van der Waals surface area contributed by atoms with Gasteiger partial charge in [-0.05, 0) is 24.1 Å². The van der Waals surface area contributed by atoms with Crippen LogP contribution < -0.4 is 0 Å². The number of rotatable bonds is 3. The van der Waals surface area contributed by atoms with Crippen LogP contribution in [0.1, 0.15) is 24.8 Å². The molecule has 1 nitrogen and oxygen atoms in total. The Morgan fingerprint density at radius 2 is 1.32 bits per heavy atom. The Morgan fingerprint density at radius 1 is 0.760 bits per heavy atom. The van der Waals surface area contributed by atoms with Gasteiger partial charge in [-0.15, -0.1) is 0 Å². The first kappa shape index (κ1) is 15.5. The second-order valence-corrected chi connectivity index (χ2v) is 6.31. The molecule has 4 rings (SSSR count). The Morgan fingerprint density at radius 3 is 1.92 bits per heavy atom.